The number of rotatable bonds is 5. The summed E-state index contributed by atoms with van der Waals surface area (Å²) >= 11 is 0. The minimum Gasteiger partial charge on any atom is -0.455 e. The number of nitrogens with zero attached hydrogens (tertiary/aromatic N) is 1. The van der Waals surface area contributed by atoms with Gasteiger partial charge >= 0.3 is 0 Å². The van der Waals surface area contributed by atoms with Gasteiger partial charge in [-0.15, -0.1) is 0 Å². The van der Waals surface area contributed by atoms with Crippen molar-refractivity contribution in [2.75, 3.05) is 4.90 Å². The van der Waals surface area contributed by atoms with Gasteiger partial charge in [0.2, 0.25) is 0 Å². The summed E-state index contributed by atoms with van der Waals surface area (Å²) in [7, 11) is 0. The average Bonchev–Trinajstić information content (AvgIpc) is 3.86. The van der Waals surface area contributed by atoms with Gasteiger partial charge in [-0.05, 0) is 91.5 Å². The van der Waals surface area contributed by atoms with Crippen LogP contribution in [0, 0.1) is 0 Å². The third-order valence-corrected chi connectivity index (χ3v) is 13.5. The van der Waals surface area contributed by atoms with Crippen LogP contribution in [0.1, 0.15) is 22.3 Å². The van der Waals surface area contributed by atoms with Crippen LogP contribution in [0.25, 0.3) is 77.6 Å². The monoisotopic (exact) mass is 801 g/mol. The van der Waals surface area contributed by atoms with Crippen LogP contribution in [0.4, 0.5) is 17.1 Å². The molecule has 0 bridgehead atoms. The zero-order valence-corrected chi connectivity index (χ0v) is 34.4. The fraction of sp³-hybridized carbons (Fsp3) is 0.0164. The second kappa shape index (κ2) is 13.9. The van der Waals surface area contributed by atoms with Crippen LogP contribution < -0.4 is 4.90 Å². The van der Waals surface area contributed by atoms with Crippen molar-refractivity contribution in [3.05, 3.63) is 259 Å². The molecule has 0 fully saturated rings. The van der Waals surface area contributed by atoms with Crippen molar-refractivity contribution >= 4 is 39.0 Å². The highest BCUT2D eigenvalue weighted by Gasteiger charge is 2.50. The molecule has 1 aromatic heterocycles. The molecule has 2 heteroatoms. The van der Waals surface area contributed by atoms with Gasteiger partial charge in [0.05, 0.1) is 16.8 Å². The van der Waals surface area contributed by atoms with E-state index in [1.165, 1.54) is 66.8 Å². The molecule has 0 saturated heterocycles. The number of para-hydroxylation sites is 3. The lowest BCUT2D eigenvalue weighted by Crippen LogP contribution is -2.29. The van der Waals surface area contributed by atoms with Crippen LogP contribution in [0.3, 0.4) is 0 Å². The van der Waals surface area contributed by atoms with E-state index in [1.807, 2.05) is 6.07 Å². The molecule has 0 amide bonds. The molecule has 0 radical (unpaired) electrons. The van der Waals surface area contributed by atoms with Gasteiger partial charge in [0, 0.05) is 33.2 Å². The summed E-state index contributed by atoms with van der Waals surface area (Å²) in [5, 5.41) is 2.23. The summed E-state index contributed by atoms with van der Waals surface area (Å²) in [6.07, 6.45) is 0. The summed E-state index contributed by atoms with van der Waals surface area (Å²) in [4.78, 5) is 2.49. The quantitative estimate of drug-likeness (QED) is 0.172. The number of furan rings is 1. The van der Waals surface area contributed by atoms with Crippen molar-refractivity contribution in [1.82, 2.24) is 0 Å². The van der Waals surface area contributed by atoms with Gasteiger partial charge in [-0.25, -0.2) is 0 Å². The molecule has 2 aliphatic carbocycles. The highest BCUT2D eigenvalue weighted by Crippen LogP contribution is 2.63. The molecule has 294 valence electrons. The fourth-order valence-electron chi connectivity index (χ4n) is 11.0. The highest BCUT2D eigenvalue weighted by molar-refractivity contribution is 6.11. The molecule has 0 atom stereocenters. The molecule has 0 unspecified atom stereocenters. The fourth-order valence-corrected chi connectivity index (χ4v) is 11.0. The van der Waals surface area contributed by atoms with Crippen LogP contribution in [0.2, 0.25) is 0 Å². The Morgan fingerprint density at radius 2 is 0.778 bits per heavy atom. The maximum Gasteiger partial charge on any atom is 0.143 e. The van der Waals surface area contributed by atoms with Gasteiger partial charge < -0.3 is 9.32 Å². The van der Waals surface area contributed by atoms with Crippen LogP contribution in [0.5, 0.6) is 0 Å². The Labute approximate surface area is 366 Å². The minimum atomic E-state index is -0.601. The second-order valence-corrected chi connectivity index (χ2v) is 16.7. The number of hydrogen-bond acceptors (Lipinski definition) is 2. The van der Waals surface area contributed by atoms with Crippen molar-refractivity contribution in [2.45, 2.75) is 5.41 Å². The third kappa shape index (κ3) is 5.13. The van der Waals surface area contributed by atoms with E-state index in [9.17, 15) is 0 Å². The molecule has 2 nitrogen and oxygen atoms in total. The molecular formula is C61H39NO. The Kier molecular flexibility index (Phi) is 7.85. The smallest absolute Gasteiger partial charge is 0.143 e. The lowest BCUT2D eigenvalue weighted by Gasteiger charge is -2.36. The summed E-state index contributed by atoms with van der Waals surface area (Å²) in [5.74, 6) is 0. The molecule has 0 saturated carbocycles. The molecule has 1 spiro atoms. The molecule has 63 heavy (non-hydrogen) atoms. The Balaban J connectivity index is 1.12. The molecule has 2 aliphatic rings. The van der Waals surface area contributed by atoms with E-state index in [-0.39, 0.29) is 0 Å². The zero-order valence-electron chi connectivity index (χ0n) is 34.4. The molecule has 10 aromatic carbocycles. The molecule has 1 heterocycles. The van der Waals surface area contributed by atoms with Crippen LogP contribution in [0.15, 0.2) is 241 Å². The van der Waals surface area contributed by atoms with Crippen molar-refractivity contribution in [3.8, 4) is 55.6 Å². The van der Waals surface area contributed by atoms with Gasteiger partial charge in [0.25, 0.3) is 0 Å². The lowest BCUT2D eigenvalue weighted by molar-refractivity contribution is 0.670. The Hall–Kier alpha value is -8.20. The molecule has 13 rings (SSSR count). The first-order valence-electron chi connectivity index (χ1n) is 21.8. The number of hydrogen-bond donors (Lipinski definition) is 0. The Bertz CT molecular complexity index is 3510. The SMILES string of the molecule is c1ccc(-c2ccc(N(c3ccccc3-c3cccc4c3oc3ccccc34)c3cccc4c3-c3ccccc3C43c4ccccc4-c4ccccc4-c4ccccc43)cc2)cc1. The Morgan fingerprint density at radius 1 is 0.302 bits per heavy atom. The third-order valence-electron chi connectivity index (χ3n) is 13.5. The largest absolute Gasteiger partial charge is 0.455 e. The second-order valence-electron chi connectivity index (χ2n) is 16.7. The van der Waals surface area contributed by atoms with Gasteiger partial charge in [-0.2, -0.15) is 0 Å². The average molecular weight is 802 g/mol. The summed E-state index contributed by atoms with van der Waals surface area (Å²) < 4.78 is 6.73. The predicted octanol–water partition coefficient (Wildman–Crippen LogP) is 16.4. The maximum absolute atomic E-state index is 6.73. The van der Waals surface area contributed by atoms with Gasteiger partial charge in [-0.3, -0.25) is 0 Å². The maximum atomic E-state index is 6.73. The summed E-state index contributed by atoms with van der Waals surface area (Å²) in [6, 6.07) is 86.7. The van der Waals surface area contributed by atoms with Crippen LogP contribution in [-0.4, -0.2) is 0 Å². The minimum absolute atomic E-state index is 0.601. The number of benzene rings is 10. The zero-order chi connectivity index (χ0) is 41.5. The number of anilines is 3. The van der Waals surface area contributed by atoms with E-state index in [4.69, 9.17) is 4.42 Å². The van der Waals surface area contributed by atoms with Gasteiger partial charge in [-0.1, -0.05) is 206 Å². The first kappa shape index (κ1) is 35.5. The molecule has 0 aliphatic heterocycles. The van der Waals surface area contributed by atoms with Crippen molar-refractivity contribution in [2.24, 2.45) is 0 Å². The molecular weight excluding hydrogens is 763 g/mol. The first-order chi connectivity index (χ1) is 31.3. The normalized spacial score (nSPS) is 12.9. The van der Waals surface area contributed by atoms with E-state index in [2.05, 4.69) is 235 Å². The summed E-state index contributed by atoms with van der Waals surface area (Å²) in [5.41, 5.74) is 21.6. The van der Waals surface area contributed by atoms with E-state index in [1.54, 1.807) is 0 Å². The Morgan fingerprint density at radius 3 is 1.49 bits per heavy atom. The van der Waals surface area contributed by atoms with Crippen LogP contribution >= 0.6 is 0 Å². The van der Waals surface area contributed by atoms with Crippen molar-refractivity contribution in [3.63, 3.8) is 0 Å². The highest BCUT2D eigenvalue weighted by atomic mass is 16.3. The first-order valence-corrected chi connectivity index (χ1v) is 21.8. The molecule has 11 aromatic rings. The van der Waals surface area contributed by atoms with Gasteiger partial charge in [0.1, 0.15) is 11.2 Å². The predicted molar refractivity (Wildman–Crippen MR) is 261 cm³/mol. The van der Waals surface area contributed by atoms with Gasteiger partial charge in [0.15, 0.2) is 0 Å². The number of fused-ring (bicyclic) bond motifs is 15. The standard InChI is InChI=1S/C61H39NO/c1-2-18-40(19-3-1)41-36-38-42(39-37-41)62(56-33-14-9-24-47(56)49-27-16-28-50-48-25-10-15-35-58(48)63-60(49)50)57-34-17-32-55-59(57)51-26-8-13-31-54(51)61(55)52-29-11-6-22-45(52)43-20-4-5-21-44(43)46-23-7-12-30-53(46)61/h1-39H. The van der Waals surface area contributed by atoms with E-state index < -0.39 is 5.41 Å². The van der Waals surface area contributed by atoms with Crippen LogP contribution in [-0.2, 0) is 5.41 Å². The van der Waals surface area contributed by atoms with E-state index >= 15 is 0 Å². The van der Waals surface area contributed by atoms with E-state index in [0.29, 0.717) is 0 Å². The molecule has 0 N–H and O–H groups in total. The van der Waals surface area contributed by atoms with E-state index in [0.717, 1.165) is 50.1 Å². The van der Waals surface area contributed by atoms with Crippen molar-refractivity contribution in [1.29, 1.82) is 0 Å². The topological polar surface area (TPSA) is 16.4 Å². The summed E-state index contributed by atoms with van der Waals surface area (Å²) in [6.45, 7) is 0. The van der Waals surface area contributed by atoms with Crippen molar-refractivity contribution < 1.29 is 4.42 Å². The lowest BCUT2D eigenvalue weighted by atomic mass is 9.66.